The number of rotatable bonds is 3. The Morgan fingerprint density at radius 1 is 1.00 bits per heavy atom. The van der Waals surface area contributed by atoms with Gasteiger partial charge in [0.15, 0.2) is 0 Å². The van der Waals surface area contributed by atoms with Crippen LogP contribution in [0.4, 0.5) is 5.00 Å². The minimum Gasteiger partial charge on any atom is -0.274 e. The van der Waals surface area contributed by atoms with Crippen LogP contribution in [0, 0.1) is 0 Å². The number of anilines is 1. The summed E-state index contributed by atoms with van der Waals surface area (Å²) in [7, 11) is -3.36. The van der Waals surface area contributed by atoms with Gasteiger partial charge in [0.2, 0.25) is 10.0 Å². The van der Waals surface area contributed by atoms with E-state index in [0.29, 0.717) is 5.00 Å². The van der Waals surface area contributed by atoms with Crippen molar-refractivity contribution in [2.24, 2.45) is 0 Å². The molecule has 0 spiro atoms. The fourth-order valence-electron chi connectivity index (χ4n) is 1.44. The summed E-state index contributed by atoms with van der Waals surface area (Å²) in [5, 5.41) is 0.647. The van der Waals surface area contributed by atoms with Crippen LogP contribution in [-0.2, 0) is 10.0 Å². The summed E-state index contributed by atoms with van der Waals surface area (Å²) in [6.07, 6.45) is 0. The largest absolute Gasteiger partial charge is 0.274 e. The molecule has 1 aromatic heterocycles. The van der Waals surface area contributed by atoms with E-state index in [2.05, 4.69) is 4.72 Å². The molecule has 0 atom stereocenters. The van der Waals surface area contributed by atoms with Crippen molar-refractivity contribution in [1.29, 1.82) is 0 Å². The van der Waals surface area contributed by atoms with E-state index in [9.17, 15) is 8.42 Å². The monoisotopic (exact) mass is 295 g/mol. The highest BCUT2D eigenvalue weighted by atomic mass is 32.2. The second kappa shape index (κ2) is 4.98. The average Bonchev–Trinajstić information content (AvgIpc) is 2.76. The lowest BCUT2D eigenvalue weighted by atomic mass is 10.2. The van der Waals surface area contributed by atoms with Gasteiger partial charge in [-0.3, -0.25) is 4.72 Å². The van der Waals surface area contributed by atoms with E-state index in [-0.39, 0.29) is 0 Å². The molecule has 0 saturated carbocycles. The zero-order valence-corrected chi connectivity index (χ0v) is 12.8. The molecule has 0 fully saturated rings. The lowest BCUT2D eigenvalue weighted by Gasteiger charge is -2.19. The third-order valence-electron chi connectivity index (χ3n) is 2.71. The summed E-state index contributed by atoms with van der Waals surface area (Å²) in [4.78, 5) is 1.05. The number of hydrogen-bond donors (Lipinski definition) is 1. The smallest absolute Gasteiger partial charge is 0.238 e. The van der Waals surface area contributed by atoms with Gasteiger partial charge in [-0.2, -0.15) is 0 Å². The summed E-state index contributed by atoms with van der Waals surface area (Å²) >= 11 is 1.44. The predicted octanol–water partition coefficient (Wildman–Crippen LogP) is 3.96. The Morgan fingerprint density at radius 2 is 1.63 bits per heavy atom. The van der Waals surface area contributed by atoms with Crippen molar-refractivity contribution in [3.05, 3.63) is 42.5 Å². The first kappa shape index (κ1) is 14.1. The molecule has 0 bridgehead atoms. The first-order valence-electron chi connectivity index (χ1n) is 5.97. The topological polar surface area (TPSA) is 46.2 Å². The van der Waals surface area contributed by atoms with Gasteiger partial charge in [-0.05, 0) is 38.5 Å². The molecule has 0 aliphatic rings. The summed E-state index contributed by atoms with van der Waals surface area (Å²) in [5.41, 5.74) is 1.09. The fourth-order valence-corrected chi connectivity index (χ4v) is 3.33. The number of benzene rings is 1. The van der Waals surface area contributed by atoms with Crippen LogP contribution >= 0.6 is 11.3 Å². The summed E-state index contributed by atoms with van der Waals surface area (Å²) in [6.45, 7) is 5.04. The molecule has 0 radical (unpaired) electrons. The maximum Gasteiger partial charge on any atom is 0.238 e. The lowest BCUT2D eigenvalue weighted by Crippen LogP contribution is -2.33. The third-order valence-corrected chi connectivity index (χ3v) is 5.99. The molecule has 2 rings (SSSR count). The van der Waals surface area contributed by atoms with Gasteiger partial charge >= 0.3 is 0 Å². The van der Waals surface area contributed by atoms with Crippen molar-refractivity contribution >= 4 is 26.4 Å². The van der Waals surface area contributed by atoms with Crippen molar-refractivity contribution in [3.8, 4) is 10.4 Å². The van der Waals surface area contributed by atoms with Crippen LogP contribution in [0.3, 0.4) is 0 Å². The molecule has 1 N–H and O–H groups in total. The van der Waals surface area contributed by atoms with Crippen LogP contribution in [0.5, 0.6) is 0 Å². The Kier molecular flexibility index (Phi) is 3.69. The second-order valence-electron chi connectivity index (χ2n) is 5.25. The Labute approximate surface area is 118 Å². The van der Waals surface area contributed by atoms with Gasteiger partial charge in [0, 0.05) is 4.88 Å². The zero-order chi connectivity index (χ0) is 14.1. The quantitative estimate of drug-likeness (QED) is 0.931. The predicted molar refractivity (Wildman–Crippen MR) is 82.1 cm³/mol. The van der Waals surface area contributed by atoms with Gasteiger partial charge < -0.3 is 0 Å². The van der Waals surface area contributed by atoms with Gasteiger partial charge in [-0.15, -0.1) is 11.3 Å². The van der Waals surface area contributed by atoms with Crippen molar-refractivity contribution in [3.63, 3.8) is 0 Å². The molecule has 102 valence electrons. The molecule has 0 aliphatic heterocycles. The average molecular weight is 295 g/mol. The Balaban J connectivity index is 2.24. The molecule has 0 amide bonds. The standard InChI is InChI=1S/C14H17NO2S2/c1-14(2,3)19(16,17)15-13-10-9-12(18-13)11-7-5-4-6-8-11/h4-10,15H,1-3H3. The van der Waals surface area contributed by atoms with Crippen molar-refractivity contribution < 1.29 is 8.42 Å². The first-order chi connectivity index (χ1) is 8.79. The maximum atomic E-state index is 12.1. The third kappa shape index (κ3) is 3.16. The highest BCUT2D eigenvalue weighted by Crippen LogP contribution is 2.32. The molecule has 1 aromatic carbocycles. The van der Waals surface area contributed by atoms with Crippen molar-refractivity contribution in [2.75, 3.05) is 4.72 Å². The Hall–Kier alpha value is -1.33. The molecule has 19 heavy (non-hydrogen) atoms. The van der Waals surface area contributed by atoms with E-state index < -0.39 is 14.8 Å². The van der Waals surface area contributed by atoms with Crippen molar-refractivity contribution in [1.82, 2.24) is 0 Å². The van der Waals surface area contributed by atoms with Crippen molar-refractivity contribution in [2.45, 2.75) is 25.5 Å². The molecule has 1 heterocycles. The van der Waals surface area contributed by atoms with Gasteiger partial charge in [-0.25, -0.2) is 8.42 Å². The minimum absolute atomic E-state index is 0.647. The first-order valence-corrected chi connectivity index (χ1v) is 8.27. The summed E-state index contributed by atoms with van der Waals surface area (Å²) in [6, 6.07) is 13.6. The highest BCUT2D eigenvalue weighted by Gasteiger charge is 2.29. The van der Waals surface area contributed by atoms with E-state index in [1.54, 1.807) is 26.8 Å². The molecule has 5 heteroatoms. The number of nitrogens with one attached hydrogen (secondary N) is 1. The fraction of sp³-hybridized carbons (Fsp3) is 0.286. The molecular formula is C14H17NO2S2. The van der Waals surface area contributed by atoms with Crippen LogP contribution in [0.25, 0.3) is 10.4 Å². The van der Waals surface area contributed by atoms with Crippen LogP contribution in [-0.4, -0.2) is 13.2 Å². The van der Waals surface area contributed by atoms with E-state index in [1.165, 1.54) is 11.3 Å². The van der Waals surface area contributed by atoms with E-state index in [1.807, 2.05) is 36.4 Å². The van der Waals surface area contributed by atoms with Gasteiger partial charge in [0.05, 0.1) is 4.75 Å². The Morgan fingerprint density at radius 3 is 2.21 bits per heavy atom. The molecule has 0 saturated heterocycles. The Bertz CT molecular complexity index is 652. The van der Waals surface area contributed by atoms with Gasteiger partial charge in [-0.1, -0.05) is 30.3 Å². The van der Waals surface area contributed by atoms with Crippen LogP contribution in [0.1, 0.15) is 20.8 Å². The van der Waals surface area contributed by atoms with E-state index in [4.69, 9.17) is 0 Å². The van der Waals surface area contributed by atoms with Gasteiger partial charge in [0.25, 0.3) is 0 Å². The van der Waals surface area contributed by atoms with Crippen LogP contribution < -0.4 is 4.72 Å². The minimum atomic E-state index is -3.36. The summed E-state index contributed by atoms with van der Waals surface area (Å²) in [5.74, 6) is 0. The lowest BCUT2D eigenvalue weighted by molar-refractivity contribution is 0.566. The number of thiophene rings is 1. The molecule has 0 unspecified atom stereocenters. The van der Waals surface area contributed by atoms with E-state index >= 15 is 0 Å². The van der Waals surface area contributed by atoms with Crippen LogP contribution in [0.2, 0.25) is 0 Å². The highest BCUT2D eigenvalue weighted by molar-refractivity contribution is 7.94. The van der Waals surface area contributed by atoms with Crippen LogP contribution in [0.15, 0.2) is 42.5 Å². The molecule has 0 aliphatic carbocycles. The maximum absolute atomic E-state index is 12.1. The van der Waals surface area contributed by atoms with E-state index in [0.717, 1.165) is 10.4 Å². The zero-order valence-electron chi connectivity index (χ0n) is 11.2. The SMILES string of the molecule is CC(C)(C)S(=O)(=O)Nc1ccc(-c2ccccc2)s1. The molecule has 3 nitrogen and oxygen atoms in total. The normalized spacial score (nSPS) is 12.4. The summed E-state index contributed by atoms with van der Waals surface area (Å²) < 4.78 is 25.9. The van der Waals surface area contributed by atoms with Gasteiger partial charge in [0.1, 0.15) is 5.00 Å². The molecular weight excluding hydrogens is 278 g/mol. The number of hydrogen-bond acceptors (Lipinski definition) is 3. The second-order valence-corrected chi connectivity index (χ2v) is 8.77. The number of sulfonamides is 1. The molecule has 2 aromatic rings.